The summed E-state index contributed by atoms with van der Waals surface area (Å²) in [4.78, 5) is 22.3. The lowest BCUT2D eigenvalue weighted by molar-refractivity contribution is -0.120. The molecule has 4 nitrogen and oxygen atoms in total. The molecule has 0 saturated carbocycles. The number of ether oxygens (including phenoxy) is 1. The molecule has 0 spiro atoms. The van der Waals surface area contributed by atoms with Crippen molar-refractivity contribution in [2.24, 2.45) is 0 Å². The highest BCUT2D eigenvalue weighted by Gasteiger charge is 2.09. The third-order valence-electron chi connectivity index (χ3n) is 2.41. The van der Waals surface area contributed by atoms with E-state index in [-0.39, 0.29) is 11.5 Å². The Labute approximate surface area is 103 Å². The van der Waals surface area contributed by atoms with Gasteiger partial charge in [-0.15, -0.1) is 0 Å². The van der Waals surface area contributed by atoms with Crippen LogP contribution < -0.4 is 4.74 Å². The molecule has 0 radical (unpaired) electrons. The van der Waals surface area contributed by atoms with Gasteiger partial charge >= 0.3 is 0 Å². The minimum Gasteiger partial charge on any atom is -0.508 e. The molecule has 0 amide bonds. The number of aromatic hydroxyl groups is 1. The number of rotatable bonds is 4. The summed E-state index contributed by atoms with van der Waals surface area (Å²) in [7, 11) is 0. The Morgan fingerprint density at radius 3 is 2.44 bits per heavy atom. The van der Waals surface area contributed by atoms with Crippen LogP contribution in [0.2, 0.25) is 0 Å². The second-order valence-corrected chi connectivity index (χ2v) is 3.62. The molecule has 0 bridgehead atoms. The zero-order chi connectivity index (χ0) is 13.0. The molecule has 4 heteroatoms. The van der Waals surface area contributed by atoms with Crippen LogP contribution in [0.25, 0.3) is 0 Å². The van der Waals surface area contributed by atoms with Crippen molar-refractivity contribution < 1.29 is 19.4 Å². The lowest BCUT2D eigenvalue weighted by atomic mass is 10.0. The fourth-order valence-corrected chi connectivity index (χ4v) is 1.55. The number of benzene rings is 2. The van der Waals surface area contributed by atoms with E-state index in [9.17, 15) is 9.59 Å². The van der Waals surface area contributed by atoms with E-state index in [2.05, 4.69) is 4.74 Å². The van der Waals surface area contributed by atoms with Gasteiger partial charge in [-0.05, 0) is 36.4 Å². The van der Waals surface area contributed by atoms with Crippen LogP contribution in [-0.4, -0.2) is 17.4 Å². The van der Waals surface area contributed by atoms with Gasteiger partial charge in [0, 0.05) is 11.1 Å². The molecule has 2 aromatic carbocycles. The molecule has 90 valence electrons. The number of phenolic OH excluding ortho intramolecular Hbond substituents is 1. The van der Waals surface area contributed by atoms with Crippen molar-refractivity contribution in [3.8, 4) is 11.5 Å². The highest BCUT2D eigenvalue weighted by atomic mass is 16.5. The fraction of sp³-hybridized carbons (Fsp3) is 0. The maximum absolute atomic E-state index is 12.1. The molecule has 2 rings (SSSR count). The molecule has 0 aliphatic carbocycles. The first-order chi connectivity index (χ1) is 8.70. The number of phenols is 1. The molecule has 0 aliphatic rings. The molecular formula is C14H10O4. The highest BCUT2D eigenvalue weighted by Crippen LogP contribution is 2.17. The van der Waals surface area contributed by atoms with Crippen LogP contribution in [0.5, 0.6) is 11.5 Å². The van der Waals surface area contributed by atoms with E-state index in [0.717, 1.165) is 0 Å². The molecule has 0 aromatic heterocycles. The van der Waals surface area contributed by atoms with Gasteiger partial charge in [0.25, 0.3) is 6.47 Å². The summed E-state index contributed by atoms with van der Waals surface area (Å²) < 4.78 is 4.68. The second-order valence-electron chi connectivity index (χ2n) is 3.62. The van der Waals surface area contributed by atoms with Crippen molar-refractivity contribution in [2.45, 2.75) is 0 Å². The molecule has 0 heterocycles. The Bertz CT molecular complexity index is 573. The standard InChI is InChI=1S/C14H10O4/c15-9-18-13-3-1-2-11(8-13)14(17)10-4-6-12(16)7-5-10/h1-9,16H. The van der Waals surface area contributed by atoms with Crippen molar-refractivity contribution in [3.05, 3.63) is 59.7 Å². The summed E-state index contributed by atoms with van der Waals surface area (Å²) in [6, 6.07) is 12.3. The molecule has 0 unspecified atom stereocenters. The van der Waals surface area contributed by atoms with Crippen LogP contribution in [0.3, 0.4) is 0 Å². The first-order valence-corrected chi connectivity index (χ1v) is 5.25. The highest BCUT2D eigenvalue weighted by molar-refractivity contribution is 6.09. The third kappa shape index (κ3) is 2.55. The fourth-order valence-electron chi connectivity index (χ4n) is 1.55. The van der Waals surface area contributed by atoms with E-state index in [1.54, 1.807) is 18.2 Å². The quantitative estimate of drug-likeness (QED) is 0.659. The minimum atomic E-state index is -0.202. The average molecular weight is 242 g/mol. The smallest absolute Gasteiger partial charge is 0.298 e. The van der Waals surface area contributed by atoms with Crippen LogP contribution in [0.4, 0.5) is 0 Å². The van der Waals surface area contributed by atoms with Crippen molar-refractivity contribution in [2.75, 3.05) is 0 Å². The number of hydrogen-bond acceptors (Lipinski definition) is 4. The maximum Gasteiger partial charge on any atom is 0.298 e. The van der Waals surface area contributed by atoms with E-state index < -0.39 is 0 Å². The molecular weight excluding hydrogens is 232 g/mol. The second kappa shape index (κ2) is 5.14. The minimum absolute atomic E-state index is 0.101. The van der Waals surface area contributed by atoms with Gasteiger partial charge in [0.1, 0.15) is 11.5 Å². The van der Waals surface area contributed by atoms with Crippen LogP contribution in [0.1, 0.15) is 15.9 Å². The van der Waals surface area contributed by atoms with Crippen LogP contribution in [-0.2, 0) is 4.79 Å². The van der Waals surface area contributed by atoms with Gasteiger partial charge in [0.2, 0.25) is 0 Å². The van der Waals surface area contributed by atoms with Gasteiger partial charge in [0.05, 0.1) is 0 Å². The van der Waals surface area contributed by atoms with Gasteiger partial charge in [-0.1, -0.05) is 12.1 Å². The van der Waals surface area contributed by atoms with E-state index >= 15 is 0 Å². The third-order valence-corrected chi connectivity index (χ3v) is 2.41. The molecule has 1 N–H and O–H groups in total. The molecule has 0 fully saturated rings. The van der Waals surface area contributed by atoms with Gasteiger partial charge < -0.3 is 9.84 Å². The van der Waals surface area contributed by atoms with E-state index in [0.29, 0.717) is 23.3 Å². The Hall–Kier alpha value is -2.62. The SMILES string of the molecule is O=COc1cccc(C(=O)c2ccc(O)cc2)c1. The monoisotopic (exact) mass is 242 g/mol. The van der Waals surface area contributed by atoms with Gasteiger partial charge in [-0.25, -0.2) is 0 Å². The Kier molecular flexibility index (Phi) is 3.38. The predicted octanol–water partition coefficient (Wildman–Crippen LogP) is 2.16. The normalized spacial score (nSPS) is 9.78. The zero-order valence-electron chi connectivity index (χ0n) is 9.37. The first kappa shape index (κ1) is 11.9. The Morgan fingerprint density at radius 2 is 1.78 bits per heavy atom. The van der Waals surface area contributed by atoms with Crippen molar-refractivity contribution >= 4 is 12.3 Å². The van der Waals surface area contributed by atoms with Crippen LogP contribution in [0.15, 0.2) is 48.5 Å². The largest absolute Gasteiger partial charge is 0.508 e. The summed E-state index contributed by atoms with van der Waals surface area (Å²) in [6.45, 7) is 0.310. The number of ketones is 1. The zero-order valence-corrected chi connectivity index (χ0v) is 9.37. The molecule has 18 heavy (non-hydrogen) atoms. The molecule has 0 atom stereocenters. The van der Waals surface area contributed by atoms with Crippen molar-refractivity contribution in [1.82, 2.24) is 0 Å². The summed E-state index contributed by atoms with van der Waals surface area (Å²) in [5, 5.41) is 9.15. The summed E-state index contributed by atoms with van der Waals surface area (Å²) in [5.41, 5.74) is 0.871. The summed E-state index contributed by atoms with van der Waals surface area (Å²) >= 11 is 0. The Morgan fingerprint density at radius 1 is 1.06 bits per heavy atom. The lowest BCUT2D eigenvalue weighted by Crippen LogP contribution is -2.01. The van der Waals surface area contributed by atoms with Crippen molar-refractivity contribution in [1.29, 1.82) is 0 Å². The molecule has 2 aromatic rings. The lowest BCUT2D eigenvalue weighted by Gasteiger charge is -2.03. The summed E-state index contributed by atoms with van der Waals surface area (Å²) in [5.74, 6) is 0.213. The van der Waals surface area contributed by atoms with Crippen LogP contribution >= 0.6 is 0 Å². The van der Waals surface area contributed by atoms with E-state index in [4.69, 9.17) is 5.11 Å². The first-order valence-electron chi connectivity index (χ1n) is 5.25. The molecule has 0 aliphatic heterocycles. The topological polar surface area (TPSA) is 63.6 Å². The number of hydrogen-bond donors (Lipinski definition) is 1. The van der Waals surface area contributed by atoms with Gasteiger partial charge in [0.15, 0.2) is 5.78 Å². The maximum atomic E-state index is 12.1. The number of carbonyl (C=O) groups excluding carboxylic acids is 2. The van der Waals surface area contributed by atoms with Gasteiger partial charge in [-0.3, -0.25) is 9.59 Å². The van der Waals surface area contributed by atoms with Gasteiger partial charge in [-0.2, -0.15) is 0 Å². The predicted molar refractivity (Wildman–Crippen MR) is 64.7 cm³/mol. The Balaban J connectivity index is 2.30. The van der Waals surface area contributed by atoms with E-state index in [1.807, 2.05) is 0 Å². The average Bonchev–Trinajstić information content (AvgIpc) is 2.39. The number of carbonyl (C=O) groups is 2. The van der Waals surface area contributed by atoms with E-state index in [1.165, 1.54) is 30.3 Å². The van der Waals surface area contributed by atoms with Crippen molar-refractivity contribution in [3.63, 3.8) is 0 Å². The molecule has 0 saturated heterocycles. The van der Waals surface area contributed by atoms with Crippen LogP contribution in [0, 0.1) is 0 Å². The summed E-state index contributed by atoms with van der Waals surface area (Å²) in [6.07, 6.45) is 0.